The van der Waals surface area contributed by atoms with Crippen LogP contribution in [0.3, 0.4) is 0 Å². The number of amides is 1. The van der Waals surface area contributed by atoms with Crippen LogP contribution < -0.4 is 15.4 Å². The molecule has 2 aromatic rings. The Kier molecular flexibility index (Phi) is 5.98. The van der Waals surface area contributed by atoms with Crippen molar-refractivity contribution in [3.05, 3.63) is 56.6 Å². The molecular weight excluding hydrogens is 435 g/mol. The number of anilines is 1. The van der Waals surface area contributed by atoms with Gasteiger partial charge in [-0.15, -0.1) is 0 Å². The number of hydrogen-bond donors (Lipinski definition) is 2. The SMILES string of the molecule is COc1ccc(NC(=S)NC(=O)c2ccccc2I)cc1Cl. The maximum absolute atomic E-state index is 12.1. The number of benzene rings is 2. The molecule has 0 unspecified atom stereocenters. The molecule has 2 aromatic carbocycles. The number of hydrogen-bond acceptors (Lipinski definition) is 3. The second-order valence-corrected chi connectivity index (χ2v) is 6.22. The number of nitrogens with one attached hydrogen (secondary N) is 2. The Hall–Kier alpha value is -1.38. The molecule has 7 heteroatoms. The third-order valence-corrected chi connectivity index (χ3v) is 4.20. The fourth-order valence-corrected chi connectivity index (χ4v) is 2.82. The molecule has 4 nitrogen and oxygen atoms in total. The van der Waals surface area contributed by atoms with E-state index in [-0.39, 0.29) is 11.0 Å². The summed E-state index contributed by atoms with van der Waals surface area (Å²) in [5, 5.41) is 6.20. The lowest BCUT2D eigenvalue weighted by atomic mass is 10.2. The minimum absolute atomic E-state index is 0.200. The van der Waals surface area contributed by atoms with Gasteiger partial charge in [-0.05, 0) is 65.1 Å². The molecule has 114 valence electrons. The van der Waals surface area contributed by atoms with Gasteiger partial charge in [0.25, 0.3) is 5.91 Å². The number of carbonyl (C=O) groups is 1. The highest BCUT2D eigenvalue weighted by molar-refractivity contribution is 14.1. The standard InChI is InChI=1S/C15H12ClIN2O2S/c1-21-13-7-6-9(8-11(13)16)18-15(22)19-14(20)10-4-2-3-5-12(10)17/h2-8H,1H3,(H2,18,19,20,22). The molecule has 0 saturated heterocycles. The van der Waals surface area contributed by atoms with Crippen molar-refractivity contribution in [3.63, 3.8) is 0 Å². The van der Waals surface area contributed by atoms with E-state index in [1.807, 2.05) is 12.1 Å². The molecule has 0 heterocycles. The molecule has 0 atom stereocenters. The summed E-state index contributed by atoms with van der Waals surface area (Å²) in [5.41, 5.74) is 1.24. The summed E-state index contributed by atoms with van der Waals surface area (Å²) in [7, 11) is 1.54. The van der Waals surface area contributed by atoms with Crippen molar-refractivity contribution in [2.45, 2.75) is 0 Å². The molecule has 0 spiro atoms. The van der Waals surface area contributed by atoms with Crippen molar-refractivity contribution < 1.29 is 9.53 Å². The molecule has 0 aliphatic rings. The summed E-state index contributed by atoms with van der Waals surface area (Å²) < 4.78 is 5.93. The third-order valence-electron chi connectivity index (χ3n) is 2.76. The highest BCUT2D eigenvalue weighted by atomic mass is 127. The molecule has 0 radical (unpaired) electrons. The Morgan fingerprint density at radius 1 is 1.27 bits per heavy atom. The molecule has 0 aromatic heterocycles. The summed E-state index contributed by atoms with van der Waals surface area (Å²) in [6.07, 6.45) is 0. The lowest BCUT2D eigenvalue weighted by molar-refractivity contribution is 0.0977. The van der Waals surface area contributed by atoms with Gasteiger partial charge in [-0.1, -0.05) is 23.7 Å². The van der Waals surface area contributed by atoms with Gasteiger partial charge in [0.2, 0.25) is 0 Å². The second-order valence-electron chi connectivity index (χ2n) is 4.24. The maximum Gasteiger partial charge on any atom is 0.258 e. The van der Waals surface area contributed by atoms with E-state index >= 15 is 0 Å². The quantitative estimate of drug-likeness (QED) is 0.551. The fraction of sp³-hybridized carbons (Fsp3) is 0.0667. The molecule has 22 heavy (non-hydrogen) atoms. The van der Waals surface area contributed by atoms with Gasteiger partial charge in [0, 0.05) is 9.26 Å². The Balaban J connectivity index is 2.03. The average Bonchev–Trinajstić information content (AvgIpc) is 2.47. The van der Waals surface area contributed by atoms with E-state index in [0.717, 1.165) is 3.57 Å². The maximum atomic E-state index is 12.1. The summed E-state index contributed by atoms with van der Waals surface area (Å²) in [6, 6.07) is 12.4. The monoisotopic (exact) mass is 446 g/mol. The predicted octanol–water partition coefficient (Wildman–Crippen LogP) is 4.08. The van der Waals surface area contributed by atoms with Crippen LogP contribution in [-0.2, 0) is 0 Å². The Labute approximate surface area is 152 Å². The van der Waals surface area contributed by atoms with Crippen molar-refractivity contribution in [3.8, 4) is 5.75 Å². The average molecular weight is 447 g/mol. The molecule has 2 rings (SSSR count). The van der Waals surface area contributed by atoms with Crippen LogP contribution in [0.1, 0.15) is 10.4 Å². The molecule has 0 saturated carbocycles. The Morgan fingerprint density at radius 2 is 2.00 bits per heavy atom. The van der Waals surface area contributed by atoms with Crippen molar-refractivity contribution in [1.29, 1.82) is 0 Å². The first-order chi connectivity index (χ1) is 10.5. The fourth-order valence-electron chi connectivity index (χ4n) is 1.72. The largest absolute Gasteiger partial charge is 0.495 e. The third kappa shape index (κ3) is 4.31. The molecule has 0 fully saturated rings. The molecule has 2 N–H and O–H groups in total. The van der Waals surface area contributed by atoms with E-state index in [4.69, 9.17) is 28.6 Å². The summed E-state index contributed by atoms with van der Waals surface area (Å²) in [5.74, 6) is 0.308. The van der Waals surface area contributed by atoms with Gasteiger partial charge in [-0.25, -0.2) is 0 Å². The number of thiocarbonyl (C=S) groups is 1. The molecule has 0 aliphatic carbocycles. The van der Waals surface area contributed by atoms with Gasteiger partial charge in [0.05, 0.1) is 17.7 Å². The van der Waals surface area contributed by atoms with Crippen LogP contribution in [0.15, 0.2) is 42.5 Å². The first kappa shape index (κ1) is 17.0. The number of halogens is 2. The summed E-state index contributed by atoms with van der Waals surface area (Å²) >= 11 is 13.3. The number of ether oxygens (including phenoxy) is 1. The highest BCUT2D eigenvalue weighted by Crippen LogP contribution is 2.27. The molecule has 1 amide bonds. The number of methoxy groups -OCH3 is 1. The van der Waals surface area contributed by atoms with E-state index in [2.05, 4.69) is 33.2 Å². The number of rotatable bonds is 3. The van der Waals surface area contributed by atoms with Gasteiger partial charge in [0.1, 0.15) is 5.75 Å². The summed E-state index contributed by atoms with van der Waals surface area (Å²) in [4.78, 5) is 12.1. The first-order valence-corrected chi connectivity index (χ1v) is 8.08. The van der Waals surface area contributed by atoms with Crippen LogP contribution >= 0.6 is 46.4 Å². The zero-order valence-electron chi connectivity index (χ0n) is 11.5. The lowest BCUT2D eigenvalue weighted by Gasteiger charge is -2.11. The van der Waals surface area contributed by atoms with Gasteiger partial charge in [-0.2, -0.15) is 0 Å². The predicted molar refractivity (Wildman–Crippen MR) is 101 cm³/mol. The minimum atomic E-state index is -0.262. The van der Waals surface area contributed by atoms with Crippen molar-refractivity contribution in [2.75, 3.05) is 12.4 Å². The van der Waals surface area contributed by atoms with Crippen molar-refractivity contribution in [1.82, 2.24) is 5.32 Å². The van der Waals surface area contributed by atoms with Crippen molar-refractivity contribution in [2.24, 2.45) is 0 Å². The van der Waals surface area contributed by atoms with E-state index in [0.29, 0.717) is 22.0 Å². The molecule has 0 aliphatic heterocycles. The van der Waals surface area contributed by atoms with Crippen LogP contribution in [0, 0.1) is 3.57 Å². The van der Waals surface area contributed by atoms with Gasteiger partial charge < -0.3 is 10.1 Å². The zero-order valence-corrected chi connectivity index (χ0v) is 15.3. The van der Waals surface area contributed by atoms with Gasteiger partial charge in [0.15, 0.2) is 5.11 Å². The Morgan fingerprint density at radius 3 is 2.64 bits per heavy atom. The second kappa shape index (κ2) is 7.75. The van der Waals surface area contributed by atoms with Gasteiger partial charge in [-0.3, -0.25) is 10.1 Å². The van der Waals surface area contributed by atoms with E-state index < -0.39 is 0 Å². The van der Waals surface area contributed by atoms with Crippen molar-refractivity contribution >= 4 is 63.1 Å². The van der Waals surface area contributed by atoms with E-state index in [1.165, 1.54) is 0 Å². The van der Waals surface area contributed by atoms with Crippen LogP contribution in [0.4, 0.5) is 5.69 Å². The normalized spacial score (nSPS) is 9.95. The first-order valence-electron chi connectivity index (χ1n) is 6.21. The van der Waals surface area contributed by atoms with E-state index in [9.17, 15) is 4.79 Å². The van der Waals surface area contributed by atoms with Crippen LogP contribution in [-0.4, -0.2) is 18.1 Å². The van der Waals surface area contributed by atoms with Crippen LogP contribution in [0.25, 0.3) is 0 Å². The minimum Gasteiger partial charge on any atom is -0.495 e. The smallest absolute Gasteiger partial charge is 0.258 e. The lowest BCUT2D eigenvalue weighted by Crippen LogP contribution is -2.34. The Bertz CT molecular complexity index is 724. The topological polar surface area (TPSA) is 50.4 Å². The highest BCUT2D eigenvalue weighted by Gasteiger charge is 2.11. The van der Waals surface area contributed by atoms with Gasteiger partial charge >= 0.3 is 0 Å². The molecular formula is C15H12ClIN2O2S. The zero-order chi connectivity index (χ0) is 16.1. The summed E-state index contributed by atoms with van der Waals surface area (Å²) in [6.45, 7) is 0. The molecule has 0 bridgehead atoms. The van der Waals surface area contributed by atoms with E-state index in [1.54, 1.807) is 37.4 Å². The number of carbonyl (C=O) groups excluding carboxylic acids is 1. The van der Waals surface area contributed by atoms with Crippen LogP contribution in [0.5, 0.6) is 5.75 Å². The van der Waals surface area contributed by atoms with Crippen LogP contribution in [0.2, 0.25) is 5.02 Å².